The van der Waals surface area contributed by atoms with Crippen molar-refractivity contribution in [3.05, 3.63) is 54.1 Å². The van der Waals surface area contributed by atoms with E-state index in [9.17, 15) is 4.79 Å². The van der Waals surface area contributed by atoms with Crippen LogP contribution < -0.4 is 10.1 Å². The molecule has 152 valence electrons. The predicted octanol–water partition coefficient (Wildman–Crippen LogP) is 6.48. The molecule has 0 aliphatic carbocycles. The van der Waals surface area contributed by atoms with Crippen LogP contribution in [0.3, 0.4) is 0 Å². The molecule has 0 aliphatic heterocycles. The number of rotatable bonds is 10. The molecule has 0 saturated carbocycles. The van der Waals surface area contributed by atoms with Crippen LogP contribution in [-0.4, -0.2) is 19.1 Å². The van der Waals surface area contributed by atoms with Crippen LogP contribution in [-0.2, 0) is 0 Å². The first-order valence-electron chi connectivity index (χ1n) is 10.5. The average Bonchev–Trinajstić information content (AvgIpc) is 2.67. The van der Waals surface area contributed by atoms with Gasteiger partial charge in [-0.1, -0.05) is 71.2 Å². The Hall–Kier alpha value is -2.29. The van der Waals surface area contributed by atoms with Gasteiger partial charge in [-0.25, -0.2) is 0 Å². The van der Waals surface area contributed by atoms with Crippen LogP contribution in [0.1, 0.15) is 70.2 Å². The zero-order chi connectivity index (χ0) is 20.4. The molecule has 2 aromatic carbocycles. The van der Waals surface area contributed by atoms with Gasteiger partial charge in [0.05, 0.1) is 6.61 Å². The molecule has 1 N–H and O–H groups in total. The van der Waals surface area contributed by atoms with Gasteiger partial charge in [0.15, 0.2) is 0 Å². The third-order valence-electron chi connectivity index (χ3n) is 4.74. The molecule has 0 fully saturated rings. The van der Waals surface area contributed by atoms with Crippen molar-refractivity contribution in [1.29, 1.82) is 0 Å². The van der Waals surface area contributed by atoms with Gasteiger partial charge >= 0.3 is 0 Å². The predicted molar refractivity (Wildman–Crippen MR) is 118 cm³/mol. The van der Waals surface area contributed by atoms with Gasteiger partial charge in [0.25, 0.3) is 5.91 Å². The summed E-state index contributed by atoms with van der Waals surface area (Å²) in [5.74, 6) is 0.887. The van der Waals surface area contributed by atoms with Gasteiger partial charge in [0.1, 0.15) is 5.75 Å². The second-order valence-electron chi connectivity index (χ2n) is 8.58. The van der Waals surface area contributed by atoms with E-state index in [4.69, 9.17) is 4.74 Å². The normalized spacial score (nSPS) is 11.3. The molecule has 2 aromatic rings. The lowest BCUT2D eigenvalue weighted by molar-refractivity contribution is 0.0949. The minimum atomic E-state index is -0.0139. The first-order valence-corrected chi connectivity index (χ1v) is 10.5. The Morgan fingerprint density at radius 2 is 1.71 bits per heavy atom. The first-order chi connectivity index (χ1) is 13.4. The third kappa shape index (κ3) is 7.75. The lowest BCUT2D eigenvalue weighted by Gasteiger charge is -2.18. The zero-order valence-corrected chi connectivity index (χ0v) is 17.9. The maximum atomic E-state index is 12.3. The highest BCUT2D eigenvalue weighted by molar-refractivity contribution is 5.94. The topological polar surface area (TPSA) is 38.3 Å². The molecule has 3 nitrogen and oxygen atoms in total. The summed E-state index contributed by atoms with van der Waals surface area (Å²) >= 11 is 0. The molecule has 0 spiro atoms. The summed E-state index contributed by atoms with van der Waals surface area (Å²) in [5, 5.41) is 3.00. The molecular formula is C25H35NO2. The average molecular weight is 382 g/mol. The summed E-state index contributed by atoms with van der Waals surface area (Å²) in [6.45, 7) is 10.2. The second-order valence-corrected chi connectivity index (χ2v) is 8.58. The molecule has 1 amide bonds. The van der Waals surface area contributed by atoms with Crippen LogP contribution in [0.25, 0.3) is 11.1 Å². The Balaban J connectivity index is 1.92. The van der Waals surface area contributed by atoms with Crippen LogP contribution in [0.4, 0.5) is 0 Å². The van der Waals surface area contributed by atoms with Gasteiger partial charge < -0.3 is 10.1 Å². The van der Waals surface area contributed by atoms with Gasteiger partial charge in [-0.05, 0) is 53.6 Å². The first kappa shape index (κ1) is 22.0. The number of carbonyl (C=O) groups is 1. The molecule has 0 bridgehead atoms. The van der Waals surface area contributed by atoms with E-state index in [2.05, 4.69) is 45.1 Å². The molecule has 28 heavy (non-hydrogen) atoms. The van der Waals surface area contributed by atoms with Gasteiger partial charge in [-0.15, -0.1) is 0 Å². The zero-order valence-electron chi connectivity index (χ0n) is 17.9. The molecule has 0 atom stereocenters. The Bertz CT molecular complexity index is 729. The van der Waals surface area contributed by atoms with E-state index >= 15 is 0 Å². The molecular weight excluding hydrogens is 346 g/mol. The van der Waals surface area contributed by atoms with Gasteiger partial charge in [-0.2, -0.15) is 0 Å². The van der Waals surface area contributed by atoms with Gasteiger partial charge in [-0.3, -0.25) is 4.79 Å². The van der Waals surface area contributed by atoms with Gasteiger partial charge in [0, 0.05) is 12.1 Å². The maximum absolute atomic E-state index is 12.3. The van der Waals surface area contributed by atoms with Crippen molar-refractivity contribution in [3.8, 4) is 16.9 Å². The fourth-order valence-electron chi connectivity index (χ4n) is 2.95. The van der Waals surface area contributed by atoms with Crippen LogP contribution in [0, 0.1) is 5.41 Å². The van der Waals surface area contributed by atoms with E-state index in [-0.39, 0.29) is 11.3 Å². The smallest absolute Gasteiger partial charge is 0.251 e. The number of carbonyl (C=O) groups excluding carboxylic acids is 1. The van der Waals surface area contributed by atoms with Crippen molar-refractivity contribution < 1.29 is 9.53 Å². The van der Waals surface area contributed by atoms with E-state index in [1.807, 2.05) is 36.4 Å². The quantitative estimate of drug-likeness (QED) is 0.478. The Labute approximate surface area is 170 Å². The molecule has 0 aromatic heterocycles. The largest absolute Gasteiger partial charge is 0.494 e. The molecule has 0 heterocycles. The van der Waals surface area contributed by atoms with Gasteiger partial charge in [0.2, 0.25) is 0 Å². The summed E-state index contributed by atoms with van der Waals surface area (Å²) in [6, 6.07) is 15.9. The highest BCUT2D eigenvalue weighted by atomic mass is 16.5. The van der Waals surface area contributed by atoms with Crippen LogP contribution >= 0.6 is 0 Å². The number of unbranched alkanes of at least 4 members (excludes halogenated alkanes) is 3. The number of nitrogens with one attached hydrogen (secondary N) is 1. The molecule has 0 unspecified atom stereocenters. The minimum absolute atomic E-state index is 0.0139. The molecule has 0 saturated heterocycles. The van der Waals surface area contributed by atoms with Crippen molar-refractivity contribution in [2.75, 3.05) is 13.2 Å². The van der Waals surface area contributed by atoms with Crippen molar-refractivity contribution in [2.45, 2.75) is 59.8 Å². The van der Waals surface area contributed by atoms with Crippen LogP contribution in [0.5, 0.6) is 5.75 Å². The number of hydrogen-bond donors (Lipinski definition) is 1. The Kier molecular flexibility index (Phi) is 8.56. The molecule has 2 rings (SSSR count). The fourth-order valence-corrected chi connectivity index (χ4v) is 2.95. The minimum Gasteiger partial charge on any atom is -0.494 e. The number of amides is 1. The third-order valence-corrected chi connectivity index (χ3v) is 4.74. The molecule has 3 heteroatoms. The highest BCUT2D eigenvalue weighted by Crippen LogP contribution is 2.24. The fraction of sp³-hybridized carbons (Fsp3) is 0.480. The van der Waals surface area contributed by atoms with Crippen LogP contribution in [0.15, 0.2) is 48.5 Å². The van der Waals surface area contributed by atoms with Crippen LogP contribution in [0.2, 0.25) is 0 Å². The Morgan fingerprint density at radius 1 is 0.964 bits per heavy atom. The maximum Gasteiger partial charge on any atom is 0.251 e. The number of ether oxygens (including phenoxy) is 1. The summed E-state index contributed by atoms with van der Waals surface area (Å²) in [7, 11) is 0. The lowest BCUT2D eigenvalue weighted by Crippen LogP contribution is -2.27. The molecule has 0 radical (unpaired) electrons. The van der Waals surface area contributed by atoms with Crippen molar-refractivity contribution >= 4 is 5.91 Å². The summed E-state index contributed by atoms with van der Waals surface area (Å²) in [4.78, 5) is 12.3. The van der Waals surface area contributed by atoms with E-state index < -0.39 is 0 Å². The van der Waals surface area contributed by atoms with Crippen molar-refractivity contribution in [2.24, 2.45) is 5.41 Å². The summed E-state index contributed by atoms with van der Waals surface area (Å²) in [6.07, 6.45) is 5.77. The SMILES string of the molecule is CCCCCCOc1cccc(-c2ccc(C(=O)NCCC(C)(C)C)cc2)c1. The lowest BCUT2D eigenvalue weighted by atomic mass is 9.92. The van der Waals surface area contributed by atoms with E-state index in [0.29, 0.717) is 12.1 Å². The van der Waals surface area contributed by atoms with E-state index in [0.717, 1.165) is 36.3 Å². The standard InChI is InChI=1S/C25H35NO2/c1-5-6-7-8-18-28-23-11-9-10-22(19-23)20-12-14-21(15-13-20)24(27)26-17-16-25(2,3)4/h9-15,19H,5-8,16-18H2,1-4H3,(H,26,27). The second kappa shape index (κ2) is 10.9. The van der Waals surface area contributed by atoms with E-state index in [1.54, 1.807) is 0 Å². The summed E-state index contributed by atoms with van der Waals surface area (Å²) in [5.41, 5.74) is 3.11. The molecule has 0 aliphatic rings. The Morgan fingerprint density at radius 3 is 2.39 bits per heavy atom. The van der Waals surface area contributed by atoms with E-state index in [1.165, 1.54) is 19.3 Å². The monoisotopic (exact) mass is 381 g/mol. The van der Waals surface area contributed by atoms with Crippen molar-refractivity contribution in [3.63, 3.8) is 0 Å². The van der Waals surface area contributed by atoms with Crippen molar-refractivity contribution in [1.82, 2.24) is 5.32 Å². The summed E-state index contributed by atoms with van der Waals surface area (Å²) < 4.78 is 5.88. The number of benzene rings is 2. The number of hydrogen-bond acceptors (Lipinski definition) is 2. The highest BCUT2D eigenvalue weighted by Gasteiger charge is 2.11.